The van der Waals surface area contributed by atoms with Crippen LogP contribution >= 0.6 is 11.3 Å². The molecule has 1 fully saturated rings. The number of morpholine rings is 1. The lowest BCUT2D eigenvalue weighted by Gasteiger charge is -2.35. The number of rotatable bonds is 7. The van der Waals surface area contributed by atoms with Crippen LogP contribution in [0.3, 0.4) is 0 Å². The van der Waals surface area contributed by atoms with Crippen molar-refractivity contribution in [1.82, 2.24) is 10.2 Å². The maximum atomic E-state index is 5.46. The molecule has 1 aromatic heterocycles. The Morgan fingerprint density at radius 1 is 1.37 bits per heavy atom. The summed E-state index contributed by atoms with van der Waals surface area (Å²) in [5, 5.41) is 5.76. The smallest absolute Gasteiger partial charge is 0.0594 e. The van der Waals surface area contributed by atoms with E-state index in [1.807, 2.05) is 11.3 Å². The van der Waals surface area contributed by atoms with E-state index in [1.165, 1.54) is 11.3 Å². The molecule has 0 amide bonds. The highest BCUT2D eigenvalue weighted by Crippen LogP contribution is 2.14. The fourth-order valence-electron chi connectivity index (χ4n) is 2.62. The molecule has 0 aromatic carbocycles. The molecule has 3 nitrogen and oxygen atoms in total. The summed E-state index contributed by atoms with van der Waals surface area (Å²) < 4.78 is 5.46. The highest BCUT2D eigenvalue weighted by atomic mass is 32.1. The van der Waals surface area contributed by atoms with Crippen LogP contribution in [0.15, 0.2) is 17.5 Å². The topological polar surface area (TPSA) is 24.5 Å². The lowest BCUT2D eigenvalue weighted by molar-refractivity contribution is 0.0123. The highest BCUT2D eigenvalue weighted by Gasteiger charge is 2.21. The Kier molecular flexibility index (Phi) is 6.31. The molecule has 0 aliphatic carbocycles. The third kappa shape index (κ3) is 5.22. The summed E-state index contributed by atoms with van der Waals surface area (Å²) in [5.41, 5.74) is 0. The van der Waals surface area contributed by atoms with E-state index in [4.69, 9.17) is 4.74 Å². The molecular weight excluding hydrogens is 256 g/mol. The minimum Gasteiger partial charge on any atom is -0.379 e. The van der Waals surface area contributed by atoms with Gasteiger partial charge in [-0.1, -0.05) is 19.9 Å². The van der Waals surface area contributed by atoms with Crippen molar-refractivity contribution in [2.75, 3.05) is 32.8 Å². The number of hydrogen-bond donors (Lipinski definition) is 1. The summed E-state index contributed by atoms with van der Waals surface area (Å²) in [7, 11) is 0. The zero-order valence-corrected chi connectivity index (χ0v) is 12.9. The van der Waals surface area contributed by atoms with Crippen molar-refractivity contribution in [2.45, 2.75) is 32.9 Å². The number of ether oxygens (including phenoxy) is 1. The summed E-state index contributed by atoms with van der Waals surface area (Å²) in [5.74, 6) is 0.747. The lowest BCUT2D eigenvalue weighted by Crippen LogP contribution is -2.48. The number of nitrogens with zero attached hydrogens (tertiary/aromatic N) is 1. The molecule has 0 bridgehead atoms. The molecule has 1 aliphatic rings. The van der Waals surface area contributed by atoms with Gasteiger partial charge in [0, 0.05) is 37.1 Å². The van der Waals surface area contributed by atoms with Crippen LogP contribution in [0, 0.1) is 5.92 Å². The third-order valence-corrected chi connectivity index (χ3v) is 4.44. The normalized spacial score (nSPS) is 18.9. The van der Waals surface area contributed by atoms with Crippen LogP contribution in [0.2, 0.25) is 0 Å². The molecule has 0 spiro atoms. The number of nitrogens with one attached hydrogen (secondary N) is 1. The second-order valence-corrected chi connectivity index (χ2v) is 6.67. The highest BCUT2D eigenvalue weighted by molar-refractivity contribution is 7.09. The molecule has 2 heterocycles. The zero-order valence-electron chi connectivity index (χ0n) is 12.1. The van der Waals surface area contributed by atoms with Crippen molar-refractivity contribution >= 4 is 11.3 Å². The van der Waals surface area contributed by atoms with Gasteiger partial charge in [0.25, 0.3) is 0 Å². The largest absolute Gasteiger partial charge is 0.379 e. The van der Waals surface area contributed by atoms with Crippen LogP contribution in [0.4, 0.5) is 0 Å². The van der Waals surface area contributed by atoms with Gasteiger partial charge in [0.2, 0.25) is 0 Å². The lowest BCUT2D eigenvalue weighted by atomic mass is 10.0. The maximum absolute atomic E-state index is 5.46. The average Bonchev–Trinajstić information content (AvgIpc) is 2.91. The van der Waals surface area contributed by atoms with Gasteiger partial charge >= 0.3 is 0 Å². The van der Waals surface area contributed by atoms with Crippen molar-refractivity contribution in [3.8, 4) is 0 Å². The Bertz CT molecular complexity index is 334. The Hall–Kier alpha value is -0.420. The second-order valence-electron chi connectivity index (χ2n) is 5.64. The van der Waals surface area contributed by atoms with Gasteiger partial charge in [-0.25, -0.2) is 0 Å². The third-order valence-electron chi connectivity index (χ3n) is 3.56. The molecule has 4 heteroatoms. The first kappa shape index (κ1) is 15.0. The summed E-state index contributed by atoms with van der Waals surface area (Å²) in [4.78, 5) is 4.01. The van der Waals surface area contributed by atoms with E-state index >= 15 is 0 Å². The van der Waals surface area contributed by atoms with E-state index < -0.39 is 0 Å². The first-order valence-electron chi connectivity index (χ1n) is 7.30. The van der Waals surface area contributed by atoms with Gasteiger partial charge in [0.1, 0.15) is 0 Å². The Morgan fingerprint density at radius 2 is 2.16 bits per heavy atom. The fraction of sp³-hybridized carbons (Fsp3) is 0.733. The van der Waals surface area contributed by atoms with E-state index in [-0.39, 0.29) is 0 Å². The van der Waals surface area contributed by atoms with Crippen LogP contribution in [-0.4, -0.2) is 43.8 Å². The predicted molar refractivity (Wildman–Crippen MR) is 81.7 cm³/mol. The standard InChI is InChI=1S/C15H26N2OS/c1-13(2)10-14(17-5-7-18-8-6-17)11-16-12-15-4-3-9-19-15/h3-4,9,13-14,16H,5-8,10-12H2,1-2H3. The fourth-order valence-corrected chi connectivity index (χ4v) is 3.30. The molecule has 1 atom stereocenters. The second kappa shape index (κ2) is 8.00. The van der Waals surface area contributed by atoms with Gasteiger partial charge in [0.15, 0.2) is 0 Å². The molecule has 2 rings (SSSR count). The van der Waals surface area contributed by atoms with Gasteiger partial charge in [-0.2, -0.15) is 0 Å². The van der Waals surface area contributed by atoms with Crippen LogP contribution in [0.25, 0.3) is 0 Å². The maximum Gasteiger partial charge on any atom is 0.0594 e. The SMILES string of the molecule is CC(C)CC(CNCc1cccs1)N1CCOCC1. The van der Waals surface area contributed by atoms with E-state index in [9.17, 15) is 0 Å². The molecular formula is C15H26N2OS. The first-order chi connectivity index (χ1) is 9.25. The number of thiophene rings is 1. The van der Waals surface area contributed by atoms with E-state index in [0.717, 1.165) is 45.3 Å². The summed E-state index contributed by atoms with van der Waals surface area (Å²) in [6.07, 6.45) is 1.26. The van der Waals surface area contributed by atoms with Crippen LogP contribution in [-0.2, 0) is 11.3 Å². The number of hydrogen-bond acceptors (Lipinski definition) is 4. The van der Waals surface area contributed by atoms with Gasteiger partial charge in [-0.15, -0.1) is 11.3 Å². The Morgan fingerprint density at radius 3 is 2.79 bits per heavy atom. The minimum absolute atomic E-state index is 0.642. The zero-order chi connectivity index (χ0) is 13.5. The monoisotopic (exact) mass is 282 g/mol. The molecule has 1 N–H and O–H groups in total. The van der Waals surface area contributed by atoms with Gasteiger partial charge in [-0.05, 0) is 23.8 Å². The first-order valence-corrected chi connectivity index (χ1v) is 8.18. The summed E-state index contributed by atoms with van der Waals surface area (Å²) in [6, 6.07) is 4.96. The molecule has 19 heavy (non-hydrogen) atoms. The Balaban J connectivity index is 1.79. The van der Waals surface area contributed by atoms with Crippen molar-refractivity contribution < 1.29 is 4.74 Å². The van der Waals surface area contributed by atoms with Crippen molar-refractivity contribution in [1.29, 1.82) is 0 Å². The van der Waals surface area contributed by atoms with Crippen molar-refractivity contribution in [3.05, 3.63) is 22.4 Å². The molecule has 0 radical (unpaired) electrons. The summed E-state index contributed by atoms with van der Waals surface area (Å²) in [6.45, 7) is 10.6. The van der Waals surface area contributed by atoms with Crippen molar-refractivity contribution in [2.24, 2.45) is 5.92 Å². The molecule has 1 unspecified atom stereocenters. The Labute approximate surface area is 121 Å². The summed E-state index contributed by atoms with van der Waals surface area (Å²) >= 11 is 1.83. The molecule has 108 valence electrons. The molecule has 1 saturated heterocycles. The van der Waals surface area contributed by atoms with Crippen LogP contribution in [0.1, 0.15) is 25.1 Å². The van der Waals surface area contributed by atoms with E-state index in [0.29, 0.717) is 6.04 Å². The van der Waals surface area contributed by atoms with Gasteiger partial charge in [-0.3, -0.25) is 4.90 Å². The van der Waals surface area contributed by atoms with Crippen LogP contribution < -0.4 is 5.32 Å². The van der Waals surface area contributed by atoms with E-state index in [1.54, 1.807) is 0 Å². The molecule has 1 aromatic rings. The molecule has 1 aliphatic heterocycles. The van der Waals surface area contributed by atoms with Gasteiger partial charge in [0.05, 0.1) is 13.2 Å². The van der Waals surface area contributed by atoms with E-state index in [2.05, 4.69) is 41.6 Å². The van der Waals surface area contributed by atoms with Gasteiger partial charge < -0.3 is 10.1 Å². The minimum atomic E-state index is 0.642. The van der Waals surface area contributed by atoms with Crippen molar-refractivity contribution in [3.63, 3.8) is 0 Å². The molecule has 0 saturated carbocycles. The van der Waals surface area contributed by atoms with Crippen LogP contribution in [0.5, 0.6) is 0 Å². The quantitative estimate of drug-likeness (QED) is 0.832. The average molecular weight is 282 g/mol. The predicted octanol–water partition coefficient (Wildman–Crippen LogP) is 2.58.